The maximum absolute atomic E-state index is 12.6. The predicted octanol–water partition coefficient (Wildman–Crippen LogP) is 3.95. The lowest BCUT2D eigenvalue weighted by Crippen LogP contribution is -2.14. The zero-order valence-electron chi connectivity index (χ0n) is 15.4. The molecule has 30 heavy (non-hydrogen) atoms. The molecule has 0 aliphatic rings. The highest BCUT2D eigenvalue weighted by Crippen LogP contribution is 2.30. The summed E-state index contributed by atoms with van der Waals surface area (Å²) in [5, 5.41) is 9.64. The summed E-state index contributed by atoms with van der Waals surface area (Å²) in [6, 6.07) is 11.8. The van der Waals surface area contributed by atoms with E-state index in [1.54, 1.807) is 18.2 Å². The second kappa shape index (κ2) is 8.66. The van der Waals surface area contributed by atoms with Crippen LogP contribution < -0.4 is 5.32 Å². The largest absolute Gasteiger partial charge is 0.416 e. The summed E-state index contributed by atoms with van der Waals surface area (Å²) < 4.78 is 67.4. The Morgan fingerprint density at radius 2 is 1.67 bits per heavy atom. The van der Waals surface area contributed by atoms with Crippen molar-refractivity contribution in [1.29, 1.82) is 0 Å². The molecule has 0 saturated heterocycles. The summed E-state index contributed by atoms with van der Waals surface area (Å²) >= 11 is 0. The lowest BCUT2D eigenvalue weighted by Gasteiger charge is -2.06. The van der Waals surface area contributed by atoms with E-state index in [2.05, 4.69) is 15.5 Å². The smallest absolute Gasteiger partial charge is 0.403 e. The fraction of sp³-hybridized carbons (Fsp3) is 0.211. The SMILES string of the molecule is O=C(CCCS(=O)(=O)c1ccccc1)Nc1nnc(-c2ccc(C(F)(F)F)cc2)o1. The molecule has 0 fully saturated rings. The topological polar surface area (TPSA) is 102 Å². The quantitative estimate of drug-likeness (QED) is 0.598. The van der Waals surface area contributed by atoms with Crippen molar-refractivity contribution in [2.75, 3.05) is 11.1 Å². The van der Waals surface area contributed by atoms with Gasteiger partial charge in [0.1, 0.15) is 0 Å². The second-order valence-electron chi connectivity index (χ2n) is 6.27. The molecule has 0 aliphatic heterocycles. The first-order valence-electron chi connectivity index (χ1n) is 8.74. The highest BCUT2D eigenvalue weighted by molar-refractivity contribution is 7.91. The van der Waals surface area contributed by atoms with Gasteiger partial charge in [0.15, 0.2) is 9.84 Å². The highest BCUT2D eigenvalue weighted by atomic mass is 32.2. The Morgan fingerprint density at radius 1 is 1.00 bits per heavy atom. The van der Waals surface area contributed by atoms with E-state index in [0.717, 1.165) is 12.1 Å². The number of nitrogens with zero attached hydrogens (tertiary/aromatic N) is 2. The van der Waals surface area contributed by atoms with Crippen molar-refractivity contribution in [3.63, 3.8) is 0 Å². The monoisotopic (exact) mass is 439 g/mol. The van der Waals surface area contributed by atoms with Gasteiger partial charge in [-0.15, -0.1) is 5.10 Å². The van der Waals surface area contributed by atoms with Crippen LogP contribution in [0.2, 0.25) is 0 Å². The molecular weight excluding hydrogens is 423 g/mol. The number of amides is 1. The molecule has 0 bridgehead atoms. The molecule has 11 heteroatoms. The lowest BCUT2D eigenvalue weighted by atomic mass is 10.1. The number of rotatable bonds is 7. The van der Waals surface area contributed by atoms with Crippen molar-refractivity contribution in [1.82, 2.24) is 10.2 Å². The fourth-order valence-electron chi connectivity index (χ4n) is 2.54. The molecule has 0 saturated carbocycles. The molecule has 0 radical (unpaired) electrons. The number of nitrogens with one attached hydrogen (secondary N) is 1. The third-order valence-corrected chi connectivity index (χ3v) is 5.87. The van der Waals surface area contributed by atoms with Gasteiger partial charge in [-0.25, -0.2) is 8.42 Å². The van der Waals surface area contributed by atoms with Crippen molar-refractivity contribution < 1.29 is 30.8 Å². The summed E-state index contributed by atoms with van der Waals surface area (Å²) in [5.41, 5.74) is -0.560. The second-order valence-corrected chi connectivity index (χ2v) is 8.38. The van der Waals surface area contributed by atoms with Crippen molar-refractivity contribution in [2.45, 2.75) is 23.9 Å². The molecule has 158 valence electrons. The number of alkyl halides is 3. The van der Waals surface area contributed by atoms with Gasteiger partial charge >= 0.3 is 12.2 Å². The molecular formula is C19H16F3N3O4S. The molecule has 0 spiro atoms. The zero-order valence-corrected chi connectivity index (χ0v) is 16.2. The maximum Gasteiger partial charge on any atom is 0.416 e. The lowest BCUT2D eigenvalue weighted by molar-refractivity contribution is -0.137. The minimum atomic E-state index is -4.46. The van der Waals surface area contributed by atoms with Crippen LogP contribution in [0, 0.1) is 0 Å². The van der Waals surface area contributed by atoms with Gasteiger partial charge in [-0.1, -0.05) is 23.3 Å². The molecule has 3 rings (SSSR count). The van der Waals surface area contributed by atoms with Crippen molar-refractivity contribution in [2.24, 2.45) is 0 Å². The Kier molecular flexibility index (Phi) is 6.20. The van der Waals surface area contributed by atoms with Crippen LogP contribution in [0.4, 0.5) is 19.2 Å². The average molecular weight is 439 g/mol. The van der Waals surface area contributed by atoms with Gasteiger partial charge in [0.2, 0.25) is 11.8 Å². The number of carbonyl (C=O) groups excluding carboxylic acids is 1. The standard InChI is InChI=1S/C19H16F3N3O4S/c20-19(21,22)14-10-8-13(9-11-14)17-24-25-18(29-17)23-16(26)7-4-12-30(27,28)15-5-2-1-3-6-15/h1-3,5-6,8-11H,4,7,12H2,(H,23,25,26). The first-order chi connectivity index (χ1) is 14.1. The minimum absolute atomic E-state index is 0.0642. The third-order valence-electron chi connectivity index (χ3n) is 4.05. The van der Waals surface area contributed by atoms with Crippen LogP contribution in [0.1, 0.15) is 18.4 Å². The van der Waals surface area contributed by atoms with E-state index in [1.807, 2.05) is 0 Å². The summed E-state index contributed by atoms with van der Waals surface area (Å²) in [6.45, 7) is 0. The van der Waals surface area contributed by atoms with E-state index < -0.39 is 27.5 Å². The van der Waals surface area contributed by atoms with Crippen LogP contribution >= 0.6 is 0 Å². The number of carbonyl (C=O) groups is 1. The summed E-state index contributed by atoms with van der Waals surface area (Å²) in [5.74, 6) is -0.794. The number of anilines is 1. The number of hydrogen-bond donors (Lipinski definition) is 1. The van der Waals surface area contributed by atoms with Crippen molar-refractivity contribution in [3.8, 4) is 11.5 Å². The molecule has 0 unspecified atom stereocenters. The van der Waals surface area contributed by atoms with E-state index in [0.29, 0.717) is 0 Å². The van der Waals surface area contributed by atoms with Gasteiger partial charge in [-0.05, 0) is 42.8 Å². The van der Waals surface area contributed by atoms with Crippen molar-refractivity contribution >= 4 is 21.8 Å². The summed E-state index contributed by atoms with van der Waals surface area (Å²) in [6.07, 6.45) is -4.46. The van der Waals surface area contributed by atoms with Crippen LogP contribution in [0.5, 0.6) is 0 Å². The fourth-order valence-corrected chi connectivity index (χ4v) is 3.87. The molecule has 1 N–H and O–H groups in total. The number of aromatic nitrogens is 2. The average Bonchev–Trinajstić information content (AvgIpc) is 3.16. The van der Waals surface area contributed by atoms with E-state index >= 15 is 0 Å². The van der Waals surface area contributed by atoms with Crippen LogP contribution in [0.3, 0.4) is 0 Å². The van der Waals surface area contributed by atoms with E-state index in [4.69, 9.17) is 4.42 Å². The maximum atomic E-state index is 12.6. The number of benzene rings is 2. The van der Waals surface area contributed by atoms with Gasteiger partial charge in [-0.2, -0.15) is 13.2 Å². The molecule has 0 atom stereocenters. The normalized spacial score (nSPS) is 12.0. The summed E-state index contributed by atoms with van der Waals surface area (Å²) in [7, 11) is -3.49. The third kappa shape index (κ3) is 5.44. The summed E-state index contributed by atoms with van der Waals surface area (Å²) in [4.78, 5) is 12.2. The van der Waals surface area contributed by atoms with Gasteiger partial charge in [0, 0.05) is 12.0 Å². The Balaban J connectivity index is 1.54. The van der Waals surface area contributed by atoms with Crippen LogP contribution in [0.15, 0.2) is 63.9 Å². The van der Waals surface area contributed by atoms with Crippen LogP contribution in [-0.4, -0.2) is 30.3 Å². The molecule has 3 aromatic rings. The molecule has 7 nitrogen and oxygen atoms in total. The first-order valence-corrected chi connectivity index (χ1v) is 10.4. The minimum Gasteiger partial charge on any atom is -0.403 e. The first kappa shape index (κ1) is 21.5. The number of hydrogen-bond acceptors (Lipinski definition) is 6. The molecule has 1 amide bonds. The Hall–Kier alpha value is -3.21. The molecule has 2 aromatic carbocycles. The molecule has 0 aliphatic carbocycles. The van der Waals surface area contributed by atoms with Gasteiger partial charge in [-0.3, -0.25) is 10.1 Å². The number of sulfone groups is 1. The van der Waals surface area contributed by atoms with Gasteiger partial charge in [0.25, 0.3) is 0 Å². The Bertz CT molecular complexity index is 1110. The molecule has 1 heterocycles. The molecule has 1 aromatic heterocycles. The van der Waals surface area contributed by atoms with E-state index in [1.165, 1.54) is 24.3 Å². The highest BCUT2D eigenvalue weighted by Gasteiger charge is 2.30. The Labute approximate surface area is 169 Å². The Morgan fingerprint density at radius 3 is 2.30 bits per heavy atom. The van der Waals surface area contributed by atoms with Gasteiger partial charge in [0.05, 0.1) is 16.2 Å². The van der Waals surface area contributed by atoms with Crippen LogP contribution in [0.25, 0.3) is 11.5 Å². The zero-order chi connectivity index (χ0) is 21.8. The van der Waals surface area contributed by atoms with E-state index in [-0.39, 0.29) is 41.0 Å². The van der Waals surface area contributed by atoms with E-state index in [9.17, 15) is 26.4 Å². The van der Waals surface area contributed by atoms with Gasteiger partial charge < -0.3 is 4.42 Å². The predicted molar refractivity (Wildman–Crippen MR) is 101 cm³/mol. The van der Waals surface area contributed by atoms with Crippen molar-refractivity contribution in [3.05, 3.63) is 60.2 Å². The van der Waals surface area contributed by atoms with Crippen LogP contribution in [-0.2, 0) is 20.8 Å². The number of halogens is 3.